The predicted octanol–water partition coefficient (Wildman–Crippen LogP) is 9.55. The van der Waals surface area contributed by atoms with E-state index in [0.717, 1.165) is 31.8 Å². The molecule has 4 heterocycles. The number of carbonyl (C=O) groups is 4. The van der Waals surface area contributed by atoms with Gasteiger partial charge in [-0.3, -0.25) is 28.8 Å². The van der Waals surface area contributed by atoms with E-state index in [2.05, 4.69) is 10.2 Å². The van der Waals surface area contributed by atoms with Crippen molar-refractivity contribution in [3.05, 3.63) is 125 Å². The number of azo groups is 1. The van der Waals surface area contributed by atoms with E-state index in [1.807, 2.05) is 99.6 Å². The Kier molecular flexibility index (Phi) is 10.6. The van der Waals surface area contributed by atoms with Crippen molar-refractivity contribution in [2.24, 2.45) is 46.4 Å². The van der Waals surface area contributed by atoms with Gasteiger partial charge < -0.3 is 14.7 Å². The van der Waals surface area contributed by atoms with Gasteiger partial charge in [-0.1, -0.05) is 41.4 Å². The highest BCUT2D eigenvalue weighted by Crippen LogP contribution is 2.64. The number of aryl methyl sites for hydroxylation is 2. The molecule has 15 heteroatoms. The number of para-hydroxylation sites is 1. The maximum Gasteiger partial charge on any atom is 0.242 e. The van der Waals surface area contributed by atoms with Crippen LogP contribution in [0.2, 0.25) is 5.02 Å². The van der Waals surface area contributed by atoms with Crippen LogP contribution in [0, 0.1) is 36.0 Å². The number of amides is 4. The second kappa shape index (κ2) is 16.2. The number of aliphatic hydroxyl groups is 1. The molecule has 1 saturated carbocycles. The van der Waals surface area contributed by atoms with E-state index >= 15 is 9.59 Å². The molecule has 2 aliphatic carbocycles. The summed E-state index contributed by atoms with van der Waals surface area (Å²) in [6, 6.07) is 29.4. The number of ether oxygens (including phenoxy) is 1. The Labute approximate surface area is 384 Å². The first-order valence-corrected chi connectivity index (χ1v) is 22.8. The minimum Gasteiger partial charge on any atom is -0.491 e. The lowest BCUT2D eigenvalue weighted by molar-refractivity contribution is -0.131. The van der Waals surface area contributed by atoms with E-state index in [1.54, 1.807) is 59.5 Å². The van der Waals surface area contributed by atoms with Crippen molar-refractivity contribution in [1.82, 2.24) is 9.78 Å². The number of hydrogen-bond donors (Lipinski definition) is 1. The highest BCUT2D eigenvalue weighted by atomic mass is 35.5. The molecule has 0 bridgehead atoms. The molecule has 6 atom stereocenters. The first-order valence-electron chi connectivity index (χ1n) is 21.6. The molecule has 3 fully saturated rings. The maximum atomic E-state index is 15.4. The van der Waals surface area contributed by atoms with Crippen molar-refractivity contribution in [2.75, 3.05) is 42.0 Å². The summed E-state index contributed by atoms with van der Waals surface area (Å²) in [4.78, 5) is 65.1. The molecule has 13 nitrogen and oxygen atoms in total. The number of benzene rings is 4. The zero-order valence-electron chi connectivity index (χ0n) is 36.4. The number of halogens is 1. The van der Waals surface area contributed by atoms with Crippen LogP contribution in [0.4, 0.5) is 28.6 Å². The lowest BCUT2D eigenvalue weighted by Gasteiger charge is -2.49. The van der Waals surface area contributed by atoms with Gasteiger partial charge in [-0.25, -0.2) is 4.90 Å². The molecule has 0 radical (unpaired) electrons. The van der Waals surface area contributed by atoms with Gasteiger partial charge in [-0.15, -0.1) is 11.3 Å². The van der Waals surface area contributed by atoms with Crippen LogP contribution in [0.1, 0.15) is 36.8 Å². The highest BCUT2D eigenvalue weighted by Gasteiger charge is 2.68. The average molecular weight is 908 g/mol. The van der Waals surface area contributed by atoms with Gasteiger partial charge >= 0.3 is 0 Å². The number of fused-ring (bicyclic) bond motifs is 5. The number of hydrogen-bond acceptors (Lipinski definition) is 11. The number of anilines is 3. The largest absolute Gasteiger partial charge is 0.491 e. The molecule has 4 aliphatic rings. The number of aromatic nitrogens is 2. The van der Waals surface area contributed by atoms with E-state index in [1.165, 1.54) is 9.80 Å². The van der Waals surface area contributed by atoms with Gasteiger partial charge in [0.2, 0.25) is 23.6 Å². The number of imide groups is 2. The molecule has 6 aromatic rings. The molecule has 4 amide bonds. The molecule has 0 spiro atoms. The summed E-state index contributed by atoms with van der Waals surface area (Å²) < 4.78 is 8.73. The van der Waals surface area contributed by atoms with Crippen LogP contribution in [0.5, 0.6) is 5.75 Å². The Morgan fingerprint density at radius 1 is 0.892 bits per heavy atom. The fourth-order valence-electron chi connectivity index (χ4n) is 10.7. The fraction of sp³-hybridized carbons (Fsp3) is 0.300. The summed E-state index contributed by atoms with van der Waals surface area (Å²) in [6.45, 7) is 3.64. The average Bonchev–Trinajstić information content (AvgIpc) is 3.98. The second-order valence-electron chi connectivity index (χ2n) is 17.6. The molecule has 2 aromatic heterocycles. The quantitative estimate of drug-likeness (QED) is 0.0812. The van der Waals surface area contributed by atoms with Gasteiger partial charge in [-0.05, 0) is 116 Å². The van der Waals surface area contributed by atoms with Crippen LogP contribution in [-0.2, 0) is 26.2 Å². The van der Waals surface area contributed by atoms with Gasteiger partial charge in [0.1, 0.15) is 23.9 Å². The molecule has 65 heavy (non-hydrogen) atoms. The number of rotatable bonds is 10. The minimum absolute atomic E-state index is 0.0170. The van der Waals surface area contributed by atoms with Crippen LogP contribution >= 0.6 is 22.9 Å². The molecule has 2 aliphatic heterocycles. The first-order chi connectivity index (χ1) is 31.3. The topological polar surface area (TPSA) is 150 Å². The van der Waals surface area contributed by atoms with Crippen molar-refractivity contribution in [3.8, 4) is 16.3 Å². The Hall–Kier alpha value is -6.48. The summed E-state index contributed by atoms with van der Waals surface area (Å²) in [7, 11) is 5.66. The number of aliphatic hydroxyl groups excluding tert-OH is 1. The maximum absolute atomic E-state index is 15.4. The van der Waals surface area contributed by atoms with E-state index in [9.17, 15) is 14.7 Å². The molecule has 4 aromatic carbocycles. The number of thiophene rings is 1. The van der Waals surface area contributed by atoms with Crippen molar-refractivity contribution >= 4 is 85.2 Å². The zero-order valence-corrected chi connectivity index (χ0v) is 38.0. The SMILES string of the molecule is Cc1c(-c2cc(N3C(=O)[C@@H]4C[C@@H]5C(=CC[C@@H]6C(=O)N(c7ccc(N=Nc8ccc(N(C)C)cc8)cc7)C(=O)[C@@H]65)[C@H](c5ccccc5OCCO)[C@]4(C)C3=O)n(C)n2)sc2ccc(Cl)cc12. The Morgan fingerprint density at radius 3 is 2.31 bits per heavy atom. The fourth-order valence-corrected chi connectivity index (χ4v) is 12.0. The van der Waals surface area contributed by atoms with Gasteiger partial charge in [0.25, 0.3) is 0 Å². The third-order valence-corrected chi connectivity index (χ3v) is 15.4. The molecular formula is C50H46ClN7O6S. The number of nitrogens with zero attached hydrogens (tertiary/aromatic N) is 7. The van der Waals surface area contributed by atoms with Gasteiger partial charge in [0.05, 0.1) is 51.7 Å². The lowest BCUT2D eigenvalue weighted by Crippen LogP contribution is -2.49. The van der Waals surface area contributed by atoms with Crippen molar-refractivity contribution < 1.29 is 29.0 Å². The standard InChI is InChI=1S/C50H46ClN7O6S/c1-27-36-24-28(51)10-21-41(36)65-45(27)39-26-42(56(5)54-39)58-47(61)38-25-37-33(44(50(38,2)49(58)63)34-8-6-7-9-40(34)64-23-22-59)19-20-35-43(37)48(62)57(46(35)60)32-17-13-30(14-18-32)53-52-29-11-15-31(16-12-29)55(3)4/h6-19,21,24,26,35,37-38,43-44,59H,20,22-23,25H2,1-5H3/t35-,37+,38-,43-,44+,50+/m0/s1. The lowest BCUT2D eigenvalue weighted by atomic mass is 9.51. The highest BCUT2D eigenvalue weighted by molar-refractivity contribution is 7.22. The van der Waals surface area contributed by atoms with Crippen LogP contribution in [0.25, 0.3) is 20.7 Å². The van der Waals surface area contributed by atoms with Crippen LogP contribution in [-0.4, -0.2) is 65.8 Å². The second-order valence-corrected chi connectivity index (χ2v) is 19.1. The van der Waals surface area contributed by atoms with Crippen LogP contribution < -0.4 is 19.4 Å². The third kappa shape index (κ3) is 6.80. The molecule has 1 N–H and O–H groups in total. The van der Waals surface area contributed by atoms with E-state index in [-0.39, 0.29) is 49.7 Å². The number of allylic oxidation sites excluding steroid dienone is 2. The summed E-state index contributed by atoms with van der Waals surface area (Å²) in [5.41, 5.74) is 4.51. The summed E-state index contributed by atoms with van der Waals surface area (Å²) in [5.74, 6) is -4.15. The molecule has 0 unspecified atom stereocenters. The van der Waals surface area contributed by atoms with Crippen LogP contribution in [0.3, 0.4) is 0 Å². The summed E-state index contributed by atoms with van der Waals surface area (Å²) in [6.07, 6.45) is 2.48. The van der Waals surface area contributed by atoms with Crippen LogP contribution in [0.15, 0.2) is 119 Å². The zero-order chi connectivity index (χ0) is 45.5. The molecular weight excluding hydrogens is 862 g/mol. The van der Waals surface area contributed by atoms with Crippen molar-refractivity contribution in [1.29, 1.82) is 0 Å². The summed E-state index contributed by atoms with van der Waals surface area (Å²) in [5, 5.41) is 25.0. The van der Waals surface area contributed by atoms with Gasteiger partial charge in [0.15, 0.2) is 0 Å². The van der Waals surface area contributed by atoms with Gasteiger partial charge in [-0.2, -0.15) is 15.3 Å². The third-order valence-electron chi connectivity index (χ3n) is 13.8. The summed E-state index contributed by atoms with van der Waals surface area (Å²) >= 11 is 7.92. The monoisotopic (exact) mass is 907 g/mol. The number of carbonyl (C=O) groups excluding carboxylic acids is 4. The Bertz CT molecular complexity index is 3000. The molecule has 2 saturated heterocycles. The predicted molar refractivity (Wildman–Crippen MR) is 251 cm³/mol. The smallest absolute Gasteiger partial charge is 0.242 e. The Balaban J connectivity index is 1.00. The van der Waals surface area contributed by atoms with Gasteiger partial charge in [0, 0.05) is 54.1 Å². The molecule has 10 rings (SSSR count). The first kappa shape index (κ1) is 42.5. The Morgan fingerprint density at radius 2 is 1.60 bits per heavy atom. The van der Waals surface area contributed by atoms with Crippen molar-refractivity contribution in [2.45, 2.75) is 32.6 Å². The van der Waals surface area contributed by atoms with E-state index < -0.39 is 35.0 Å². The van der Waals surface area contributed by atoms with Crippen molar-refractivity contribution in [3.63, 3.8) is 0 Å². The van der Waals surface area contributed by atoms with E-state index in [4.69, 9.17) is 21.4 Å². The normalized spacial score (nSPS) is 23.9. The van der Waals surface area contributed by atoms with E-state index in [0.29, 0.717) is 44.9 Å². The molecule has 330 valence electrons. The minimum atomic E-state index is -1.32.